The first kappa shape index (κ1) is 18.1. The van der Waals surface area contributed by atoms with E-state index in [0.717, 1.165) is 6.42 Å². The van der Waals surface area contributed by atoms with Crippen LogP contribution in [0.5, 0.6) is 0 Å². The van der Waals surface area contributed by atoms with Gasteiger partial charge in [-0.3, -0.25) is 10.5 Å². The molecule has 0 aliphatic carbocycles. The molecule has 0 heterocycles. The number of carbonyl (C=O) groups is 1. The van der Waals surface area contributed by atoms with Gasteiger partial charge in [-0.05, 0) is 32.6 Å². The largest absolute Gasteiger partial charge is 0.446 e. The van der Waals surface area contributed by atoms with Crippen molar-refractivity contribution in [2.75, 3.05) is 0 Å². The lowest BCUT2D eigenvalue weighted by Gasteiger charge is -2.31. The molecule has 0 aromatic carbocycles. The summed E-state index contributed by atoms with van der Waals surface area (Å²) in [4.78, 5) is 12.1. The lowest BCUT2D eigenvalue weighted by Crippen LogP contribution is -2.38. The van der Waals surface area contributed by atoms with Crippen molar-refractivity contribution in [2.45, 2.75) is 66.7 Å². The van der Waals surface area contributed by atoms with Gasteiger partial charge in [0.05, 0.1) is 11.5 Å². The molecule has 18 heavy (non-hydrogen) atoms. The zero-order chi connectivity index (χ0) is 14.6. The highest BCUT2D eigenvalue weighted by Crippen LogP contribution is 2.34. The molecule has 0 aromatic heterocycles. The van der Waals surface area contributed by atoms with Crippen LogP contribution in [0.15, 0.2) is 0 Å². The maximum absolute atomic E-state index is 12.1. The number of esters is 1. The molecule has 2 unspecified atom stereocenters. The fourth-order valence-electron chi connectivity index (χ4n) is 2.11. The molecule has 0 saturated heterocycles. The topological polar surface area (TPSA) is 61.5 Å². The van der Waals surface area contributed by atoms with E-state index in [0.29, 0.717) is 6.42 Å². The number of carbonyl (C=O) groups excluding carboxylic acids is 1. The molecule has 0 saturated carbocycles. The minimum absolute atomic E-state index is 0.0286. The summed E-state index contributed by atoms with van der Waals surface area (Å²) >= 11 is 1.82. The molecule has 0 aliphatic heterocycles. The predicted octanol–water partition coefficient (Wildman–Crippen LogP) is 3.42. The van der Waals surface area contributed by atoms with Gasteiger partial charge in [0.2, 0.25) is 0 Å². The van der Waals surface area contributed by atoms with E-state index in [1.165, 1.54) is 0 Å². The van der Waals surface area contributed by atoms with E-state index in [1.54, 1.807) is 0 Å². The number of halogens is 1. The van der Waals surface area contributed by atoms with Gasteiger partial charge in [-0.25, -0.2) is 0 Å². The highest BCUT2D eigenvalue weighted by molar-refractivity contribution is 14.1. The molecule has 2 atom stereocenters. The Hall–Kier alpha value is 0.120. The summed E-state index contributed by atoms with van der Waals surface area (Å²) in [5, 5.41) is 0. The molecule has 0 aliphatic rings. The molecule has 0 aromatic rings. The second kappa shape index (κ2) is 7.05. The third-order valence-electron chi connectivity index (χ3n) is 2.50. The molecule has 0 fully saturated rings. The fraction of sp³-hybridized carbons (Fsp3) is 0.923. The molecular formula is C13H26INO3. The Kier molecular flexibility index (Phi) is 7.10. The predicted molar refractivity (Wildman–Crippen MR) is 81.1 cm³/mol. The van der Waals surface area contributed by atoms with Crippen LogP contribution in [0, 0.1) is 10.8 Å². The van der Waals surface area contributed by atoms with Crippen LogP contribution in [0.3, 0.4) is 0 Å². The Morgan fingerprint density at radius 1 is 1.28 bits per heavy atom. The van der Waals surface area contributed by atoms with Crippen molar-refractivity contribution in [3.63, 3.8) is 0 Å². The molecule has 0 bridgehead atoms. The van der Waals surface area contributed by atoms with Crippen LogP contribution in [0.4, 0.5) is 0 Å². The van der Waals surface area contributed by atoms with Crippen molar-refractivity contribution in [2.24, 2.45) is 16.6 Å². The SMILES string of the molecule is CC(CC(N)OC(=O)C(C)(C)CC(C)(C)C)OI. The standard InChI is InChI=1S/C13H26INO3/c1-9(18-14)7-10(15)17-11(16)13(5,6)8-12(2,3)4/h9-10H,7-8,15H2,1-6H3. The van der Waals surface area contributed by atoms with Gasteiger partial charge in [0.1, 0.15) is 23.0 Å². The zero-order valence-corrected chi connectivity index (χ0v) is 14.4. The highest BCUT2D eigenvalue weighted by atomic mass is 127. The molecule has 5 heteroatoms. The van der Waals surface area contributed by atoms with Gasteiger partial charge < -0.3 is 7.80 Å². The average molecular weight is 371 g/mol. The van der Waals surface area contributed by atoms with Crippen LogP contribution in [0.1, 0.15) is 54.4 Å². The van der Waals surface area contributed by atoms with Crippen LogP contribution in [0.2, 0.25) is 0 Å². The summed E-state index contributed by atoms with van der Waals surface area (Å²) < 4.78 is 10.4. The summed E-state index contributed by atoms with van der Waals surface area (Å²) in [5.74, 6) is -0.245. The Bertz CT molecular complexity index is 274. The lowest BCUT2D eigenvalue weighted by atomic mass is 9.76. The minimum Gasteiger partial charge on any atom is -0.446 e. The van der Waals surface area contributed by atoms with Gasteiger partial charge in [-0.1, -0.05) is 20.8 Å². The van der Waals surface area contributed by atoms with Crippen LogP contribution >= 0.6 is 23.0 Å². The van der Waals surface area contributed by atoms with Gasteiger partial charge in [0, 0.05) is 6.42 Å². The molecule has 0 rings (SSSR count). The fourth-order valence-corrected chi connectivity index (χ4v) is 2.31. The Morgan fingerprint density at radius 2 is 1.78 bits per heavy atom. The molecule has 0 radical (unpaired) electrons. The Balaban J connectivity index is 4.38. The van der Waals surface area contributed by atoms with Crippen LogP contribution < -0.4 is 5.73 Å². The second-order valence-electron chi connectivity index (χ2n) is 6.70. The van der Waals surface area contributed by atoms with Gasteiger partial charge in [0.25, 0.3) is 0 Å². The quantitative estimate of drug-likeness (QED) is 0.442. The van der Waals surface area contributed by atoms with E-state index >= 15 is 0 Å². The van der Waals surface area contributed by atoms with Crippen LogP contribution in [-0.4, -0.2) is 18.3 Å². The van der Waals surface area contributed by atoms with Gasteiger partial charge in [-0.15, -0.1) is 0 Å². The Labute approximate surface area is 125 Å². The first-order chi connectivity index (χ1) is 7.98. The first-order valence-electron chi connectivity index (χ1n) is 6.22. The average Bonchev–Trinajstić information content (AvgIpc) is 2.13. The lowest BCUT2D eigenvalue weighted by molar-refractivity contribution is -0.162. The van der Waals surface area contributed by atoms with Crippen molar-refractivity contribution in [3.05, 3.63) is 0 Å². The van der Waals surface area contributed by atoms with Crippen molar-refractivity contribution >= 4 is 29.0 Å². The number of rotatable bonds is 6. The van der Waals surface area contributed by atoms with Crippen molar-refractivity contribution in [3.8, 4) is 0 Å². The molecule has 2 N–H and O–H groups in total. The number of ether oxygens (including phenoxy) is 1. The monoisotopic (exact) mass is 371 g/mol. The number of hydrogen-bond acceptors (Lipinski definition) is 4. The zero-order valence-electron chi connectivity index (χ0n) is 12.2. The van der Waals surface area contributed by atoms with Crippen molar-refractivity contribution in [1.29, 1.82) is 0 Å². The number of hydrogen-bond donors (Lipinski definition) is 1. The maximum Gasteiger partial charge on any atom is 0.313 e. The van der Waals surface area contributed by atoms with Crippen LogP contribution in [-0.2, 0) is 12.6 Å². The van der Waals surface area contributed by atoms with Crippen LogP contribution in [0.25, 0.3) is 0 Å². The van der Waals surface area contributed by atoms with E-state index < -0.39 is 11.6 Å². The first-order valence-corrected chi connectivity index (χ1v) is 7.10. The van der Waals surface area contributed by atoms with Gasteiger partial charge >= 0.3 is 5.97 Å². The van der Waals surface area contributed by atoms with E-state index in [2.05, 4.69) is 20.8 Å². The van der Waals surface area contributed by atoms with E-state index in [9.17, 15) is 4.79 Å². The summed E-state index contributed by atoms with van der Waals surface area (Å²) in [6.07, 6.45) is 0.616. The molecule has 108 valence electrons. The Morgan fingerprint density at radius 3 is 2.17 bits per heavy atom. The van der Waals surface area contributed by atoms with Crippen molar-refractivity contribution in [1.82, 2.24) is 0 Å². The summed E-state index contributed by atoms with van der Waals surface area (Å²) in [5.41, 5.74) is 5.34. The van der Waals surface area contributed by atoms with Gasteiger partial charge in [0.15, 0.2) is 6.23 Å². The summed E-state index contributed by atoms with van der Waals surface area (Å²) in [7, 11) is 0. The summed E-state index contributed by atoms with van der Waals surface area (Å²) in [6.45, 7) is 12.0. The minimum atomic E-state index is -0.610. The third kappa shape index (κ3) is 7.53. The molecule has 4 nitrogen and oxygen atoms in total. The van der Waals surface area contributed by atoms with E-state index in [1.807, 2.05) is 43.8 Å². The smallest absolute Gasteiger partial charge is 0.313 e. The highest BCUT2D eigenvalue weighted by Gasteiger charge is 2.35. The maximum atomic E-state index is 12.1. The molecule has 0 spiro atoms. The van der Waals surface area contributed by atoms with E-state index in [-0.39, 0.29) is 17.5 Å². The second-order valence-corrected chi connectivity index (χ2v) is 7.21. The number of nitrogens with two attached hydrogens (primary N) is 1. The van der Waals surface area contributed by atoms with E-state index in [4.69, 9.17) is 13.5 Å². The van der Waals surface area contributed by atoms with Crippen molar-refractivity contribution < 1.29 is 12.6 Å². The summed E-state index contributed by atoms with van der Waals surface area (Å²) in [6, 6.07) is 0. The molecule has 0 amide bonds. The third-order valence-corrected chi connectivity index (χ3v) is 3.37. The normalized spacial score (nSPS) is 16.2. The van der Waals surface area contributed by atoms with Gasteiger partial charge in [-0.2, -0.15) is 0 Å². The molecular weight excluding hydrogens is 345 g/mol.